The van der Waals surface area contributed by atoms with Gasteiger partial charge in [-0.3, -0.25) is 4.90 Å². The highest BCUT2D eigenvalue weighted by Gasteiger charge is 2.26. The van der Waals surface area contributed by atoms with Crippen molar-refractivity contribution in [1.29, 1.82) is 0 Å². The predicted molar refractivity (Wildman–Crippen MR) is 138 cm³/mol. The van der Waals surface area contributed by atoms with Crippen LogP contribution in [0.4, 0.5) is 10.5 Å². The molecule has 0 saturated carbocycles. The van der Waals surface area contributed by atoms with Crippen molar-refractivity contribution in [2.45, 2.75) is 58.8 Å². The van der Waals surface area contributed by atoms with Crippen molar-refractivity contribution in [2.24, 2.45) is 0 Å². The molecule has 1 aromatic carbocycles. The maximum absolute atomic E-state index is 13.0. The van der Waals surface area contributed by atoms with E-state index in [9.17, 15) is 9.59 Å². The molecule has 1 amide bonds. The molecule has 2 aliphatic heterocycles. The Labute approximate surface area is 213 Å². The first-order valence-corrected chi connectivity index (χ1v) is 12.8. The van der Waals surface area contributed by atoms with Gasteiger partial charge in [0, 0.05) is 64.8 Å². The number of piperidine rings is 1. The lowest BCUT2D eigenvalue weighted by molar-refractivity contribution is 0.00623. The van der Waals surface area contributed by atoms with E-state index >= 15 is 0 Å². The molecule has 9 heteroatoms. The van der Waals surface area contributed by atoms with E-state index in [2.05, 4.69) is 40.0 Å². The number of hydrogen-bond donors (Lipinski definition) is 0. The number of anilines is 1. The van der Waals surface area contributed by atoms with Crippen LogP contribution in [-0.4, -0.2) is 89.7 Å². The Kier molecular flexibility index (Phi) is 8.00. The average molecular weight is 498 g/mol. The lowest BCUT2D eigenvalue weighted by atomic mass is 10.0. The molecule has 4 rings (SSSR count). The van der Waals surface area contributed by atoms with E-state index in [-0.39, 0.29) is 11.7 Å². The van der Waals surface area contributed by atoms with Crippen molar-refractivity contribution in [3.8, 4) is 0 Å². The standard InChI is InChI=1S/C27H39N5O4/c1-20-6-7-21(24(18-20)30-11-8-22(35-5)9-12-30)19-29-14-16-31(17-15-29)26(34)32-13-10-23(28-32)25(33)36-27(2,3)4/h6-7,10,13,18,22H,8-9,11-12,14-17,19H2,1-5H3. The van der Waals surface area contributed by atoms with Crippen LogP contribution in [0.25, 0.3) is 0 Å². The minimum Gasteiger partial charge on any atom is -0.455 e. The van der Waals surface area contributed by atoms with Crippen LogP contribution in [0.5, 0.6) is 0 Å². The van der Waals surface area contributed by atoms with Gasteiger partial charge in [-0.2, -0.15) is 9.78 Å². The van der Waals surface area contributed by atoms with Gasteiger partial charge < -0.3 is 19.3 Å². The van der Waals surface area contributed by atoms with Crippen molar-refractivity contribution in [3.05, 3.63) is 47.3 Å². The van der Waals surface area contributed by atoms with E-state index in [1.54, 1.807) is 32.8 Å². The first-order chi connectivity index (χ1) is 17.1. The fourth-order valence-corrected chi connectivity index (χ4v) is 4.79. The number of nitrogens with zero attached hydrogens (tertiary/aromatic N) is 5. The molecule has 3 heterocycles. The Hall–Kier alpha value is -2.91. The number of carbonyl (C=O) groups excluding carboxylic acids is 2. The molecule has 2 saturated heterocycles. The monoisotopic (exact) mass is 497 g/mol. The summed E-state index contributed by atoms with van der Waals surface area (Å²) in [4.78, 5) is 31.9. The Balaban J connectivity index is 1.34. The molecule has 0 unspecified atom stereocenters. The fourth-order valence-electron chi connectivity index (χ4n) is 4.79. The zero-order chi connectivity index (χ0) is 25.9. The van der Waals surface area contributed by atoms with Gasteiger partial charge in [0.1, 0.15) is 5.60 Å². The van der Waals surface area contributed by atoms with Gasteiger partial charge in [0.15, 0.2) is 5.69 Å². The first-order valence-electron chi connectivity index (χ1n) is 12.8. The van der Waals surface area contributed by atoms with Crippen LogP contribution in [0, 0.1) is 6.92 Å². The smallest absolute Gasteiger partial charge is 0.359 e. The third kappa shape index (κ3) is 6.44. The number of aromatic nitrogens is 2. The van der Waals surface area contributed by atoms with E-state index in [1.165, 1.54) is 33.8 Å². The van der Waals surface area contributed by atoms with E-state index in [4.69, 9.17) is 9.47 Å². The lowest BCUT2D eigenvalue weighted by Crippen LogP contribution is -2.49. The maximum atomic E-state index is 13.0. The number of ether oxygens (including phenoxy) is 2. The van der Waals surface area contributed by atoms with E-state index in [0.29, 0.717) is 19.2 Å². The van der Waals surface area contributed by atoms with Crippen LogP contribution in [0.2, 0.25) is 0 Å². The number of methoxy groups -OCH3 is 1. The van der Waals surface area contributed by atoms with Gasteiger partial charge in [0.25, 0.3) is 0 Å². The number of esters is 1. The molecule has 0 aliphatic carbocycles. The largest absolute Gasteiger partial charge is 0.455 e. The van der Waals surface area contributed by atoms with Crippen LogP contribution in [0.15, 0.2) is 30.5 Å². The zero-order valence-corrected chi connectivity index (χ0v) is 22.2. The molecule has 0 N–H and O–H groups in total. The van der Waals surface area contributed by atoms with Gasteiger partial charge in [-0.15, -0.1) is 0 Å². The second-order valence-corrected chi connectivity index (χ2v) is 10.7. The summed E-state index contributed by atoms with van der Waals surface area (Å²) < 4.78 is 12.1. The number of piperazine rings is 1. The first kappa shape index (κ1) is 26.2. The minimum atomic E-state index is -0.612. The molecule has 1 aromatic heterocycles. The quantitative estimate of drug-likeness (QED) is 0.585. The van der Waals surface area contributed by atoms with Crippen molar-refractivity contribution in [3.63, 3.8) is 0 Å². The number of carbonyl (C=O) groups is 2. The summed E-state index contributed by atoms with van der Waals surface area (Å²) in [6.07, 6.45) is 3.98. The number of hydrogen-bond acceptors (Lipinski definition) is 7. The third-order valence-corrected chi connectivity index (χ3v) is 6.79. The number of aryl methyl sites for hydroxylation is 1. The third-order valence-electron chi connectivity index (χ3n) is 6.79. The lowest BCUT2D eigenvalue weighted by Gasteiger charge is -2.37. The molecular formula is C27H39N5O4. The van der Waals surface area contributed by atoms with Crippen molar-refractivity contribution >= 4 is 17.7 Å². The highest BCUT2D eigenvalue weighted by Crippen LogP contribution is 2.28. The highest BCUT2D eigenvalue weighted by molar-refractivity contribution is 5.88. The Morgan fingerprint density at radius 3 is 2.36 bits per heavy atom. The summed E-state index contributed by atoms with van der Waals surface area (Å²) >= 11 is 0. The molecule has 0 spiro atoms. The molecule has 2 aromatic rings. The van der Waals surface area contributed by atoms with E-state index in [1.807, 2.05) is 0 Å². The van der Waals surface area contributed by atoms with Gasteiger partial charge >= 0.3 is 12.0 Å². The van der Waals surface area contributed by atoms with E-state index in [0.717, 1.165) is 45.6 Å². The summed E-state index contributed by atoms with van der Waals surface area (Å²) in [5.41, 5.74) is 3.43. The molecule has 2 fully saturated rings. The second-order valence-electron chi connectivity index (χ2n) is 10.7. The number of rotatable bonds is 5. The zero-order valence-electron chi connectivity index (χ0n) is 22.2. The van der Waals surface area contributed by atoms with E-state index < -0.39 is 11.6 Å². The van der Waals surface area contributed by atoms with Crippen LogP contribution in [-0.2, 0) is 16.0 Å². The number of benzene rings is 1. The summed E-state index contributed by atoms with van der Waals surface area (Å²) in [5, 5.41) is 4.16. The molecule has 196 valence electrons. The normalized spacial score (nSPS) is 17.9. The molecule has 2 aliphatic rings. The summed E-state index contributed by atoms with van der Waals surface area (Å²) in [6, 6.07) is 8.02. The molecule has 0 bridgehead atoms. The molecule has 36 heavy (non-hydrogen) atoms. The maximum Gasteiger partial charge on any atom is 0.359 e. The van der Waals surface area contributed by atoms with Crippen LogP contribution < -0.4 is 4.90 Å². The molecular weight excluding hydrogens is 458 g/mol. The fraction of sp³-hybridized carbons (Fsp3) is 0.593. The molecule has 0 radical (unpaired) electrons. The number of amides is 1. The summed E-state index contributed by atoms with van der Waals surface area (Å²) in [6.45, 7) is 13.2. The van der Waals surface area contributed by atoms with Crippen LogP contribution >= 0.6 is 0 Å². The SMILES string of the molecule is COC1CCN(c2cc(C)ccc2CN2CCN(C(=O)n3ccc(C(=O)OC(C)(C)C)n3)CC2)CC1. The van der Waals surface area contributed by atoms with Crippen molar-refractivity contribution < 1.29 is 19.1 Å². The summed E-state index contributed by atoms with van der Waals surface area (Å²) in [5.74, 6) is -0.529. The average Bonchev–Trinajstić information content (AvgIpc) is 3.35. The highest BCUT2D eigenvalue weighted by atomic mass is 16.6. The summed E-state index contributed by atoms with van der Waals surface area (Å²) in [7, 11) is 1.80. The van der Waals surface area contributed by atoms with Crippen LogP contribution in [0.3, 0.4) is 0 Å². The van der Waals surface area contributed by atoms with Gasteiger partial charge in [-0.25, -0.2) is 9.59 Å². The van der Waals surface area contributed by atoms with Crippen molar-refractivity contribution in [1.82, 2.24) is 19.6 Å². The van der Waals surface area contributed by atoms with Gasteiger partial charge in [0.2, 0.25) is 0 Å². The minimum absolute atomic E-state index is 0.137. The second kappa shape index (κ2) is 11.0. The molecule has 9 nitrogen and oxygen atoms in total. The van der Waals surface area contributed by atoms with Crippen LogP contribution in [0.1, 0.15) is 55.2 Å². The Morgan fingerprint density at radius 2 is 1.72 bits per heavy atom. The topological polar surface area (TPSA) is 80.1 Å². The predicted octanol–water partition coefficient (Wildman–Crippen LogP) is 3.55. The van der Waals surface area contributed by atoms with Gasteiger partial charge in [-0.1, -0.05) is 12.1 Å². The Morgan fingerprint density at radius 1 is 1.03 bits per heavy atom. The Bertz CT molecular complexity index is 1060. The van der Waals surface area contributed by atoms with Gasteiger partial charge in [-0.05, 0) is 63.8 Å². The van der Waals surface area contributed by atoms with Crippen molar-refractivity contribution in [2.75, 3.05) is 51.3 Å². The van der Waals surface area contributed by atoms with Gasteiger partial charge in [0.05, 0.1) is 6.10 Å². The molecule has 0 atom stereocenters.